The van der Waals surface area contributed by atoms with E-state index in [1.165, 1.54) is 50.4 Å². The smallest absolute Gasteiger partial charge is 0.407 e. The zero-order valence-electron chi connectivity index (χ0n) is 12.2. The first-order valence-electron chi connectivity index (χ1n) is 7.80. The Balaban J connectivity index is 2.35. The maximum absolute atomic E-state index is 5.72. The van der Waals surface area contributed by atoms with Crippen LogP contribution < -0.4 is 0 Å². The van der Waals surface area contributed by atoms with Gasteiger partial charge in [0.25, 0.3) is 0 Å². The van der Waals surface area contributed by atoms with Gasteiger partial charge in [-0.25, -0.2) is 0 Å². The average Bonchev–Trinajstić information content (AvgIpc) is 2.43. The van der Waals surface area contributed by atoms with Crippen molar-refractivity contribution < 1.29 is 9.31 Å². The minimum absolute atomic E-state index is 0.0449. The van der Waals surface area contributed by atoms with E-state index in [-0.39, 0.29) is 7.12 Å². The summed E-state index contributed by atoms with van der Waals surface area (Å²) in [5, 5.41) is 0. The lowest BCUT2D eigenvalue weighted by Crippen LogP contribution is -2.32. The van der Waals surface area contributed by atoms with Gasteiger partial charge in [-0.15, -0.1) is 0 Å². The molecule has 0 aromatic rings. The van der Waals surface area contributed by atoms with Gasteiger partial charge in [0, 0.05) is 13.2 Å². The molecule has 104 valence electrons. The molecule has 18 heavy (non-hydrogen) atoms. The predicted octanol–water partition coefficient (Wildman–Crippen LogP) is 4.54. The Hall–Kier alpha value is -0.275. The summed E-state index contributed by atoms with van der Waals surface area (Å²) in [5.41, 5.74) is 1.38. The van der Waals surface area contributed by atoms with Crippen LogP contribution in [-0.2, 0) is 9.31 Å². The highest BCUT2D eigenvalue weighted by Crippen LogP contribution is 2.18. The molecule has 3 heteroatoms. The summed E-state index contributed by atoms with van der Waals surface area (Å²) in [4.78, 5) is 0. The van der Waals surface area contributed by atoms with Crippen LogP contribution in [0.2, 0.25) is 0 Å². The van der Waals surface area contributed by atoms with Gasteiger partial charge in [0.05, 0.1) is 0 Å². The van der Waals surface area contributed by atoms with Crippen LogP contribution in [0.5, 0.6) is 0 Å². The summed E-state index contributed by atoms with van der Waals surface area (Å²) in [6, 6.07) is 0. The molecule has 1 rings (SSSR count). The lowest BCUT2D eigenvalue weighted by molar-refractivity contribution is 0.139. The zero-order valence-corrected chi connectivity index (χ0v) is 12.2. The summed E-state index contributed by atoms with van der Waals surface area (Å²) in [6.45, 7) is 6.20. The van der Waals surface area contributed by atoms with Crippen molar-refractivity contribution in [3.05, 3.63) is 11.5 Å². The molecule has 1 aliphatic rings. The van der Waals surface area contributed by atoms with Gasteiger partial charge in [-0.3, -0.25) is 0 Å². The molecule has 0 saturated carbocycles. The molecule has 0 aromatic carbocycles. The van der Waals surface area contributed by atoms with Gasteiger partial charge in [0.15, 0.2) is 0 Å². The summed E-state index contributed by atoms with van der Waals surface area (Å²) in [6.07, 6.45) is 13.5. The topological polar surface area (TPSA) is 18.5 Å². The van der Waals surface area contributed by atoms with Crippen LogP contribution in [0.4, 0.5) is 0 Å². The second-order valence-electron chi connectivity index (χ2n) is 5.16. The Morgan fingerprint density at radius 1 is 1.00 bits per heavy atom. The Morgan fingerprint density at radius 3 is 2.39 bits per heavy atom. The molecule has 1 heterocycles. The fourth-order valence-corrected chi connectivity index (χ4v) is 2.26. The minimum atomic E-state index is -0.0449. The van der Waals surface area contributed by atoms with E-state index in [1.54, 1.807) is 0 Å². The molecule has 0 atom stereocenters. The normalized spacial score (nSPS) is 17.2. The first-order valence-corrected chi connectivity index (χ1v) is 7.80. The molecule has 0 aromatic heterocycles. The SMILES string of the molecule is CCCCCCC=C(CCCC)B1OCCCO1. The quantitative estimate of drug-likeness (QED) is 0.443. The van der Waals surface area contributed by atoms with Crippen LogP contribution in [0, 0.1) is 0 Å². The van der Waals surface area contributed by atoms with E-state index in [4.69, 9.17) is 9.31 Å². The molecule has 0 bridgehead atoms. The lowest BCUT2D eigenvalue weighted by atomic mass is 9.73. The summed E-state index contributed by atoms with van der Waals surface area (Å²) < 4.78 is 11.4. The molecule has 0 amide bonds. The van der Waals surface area contributed by atoms with Gasteiger partial charge < -0.3 is 9.31 Å². The van der Waals surface area contributed by atoms with Crippen molar-refractivity contribution in [2.75, 3.05) is 13.2 Å². The molecule has 0 unspecified atom stereocenters. The molecule has 1 aliphatic heterocycles. The number of hydrogen-bond acceptors (Lipinski definition) is 2. The number of allylic oxidation sites excluding steroid dienone is 2. The van der Waals surface area contributed by atoms with Crippen molar-refractivity contribution in [1.29, 1.82) is 0 Å². The highest BCUT2D eigenvalue weighted by atomic mass is 16.6. The van der Waals surface area contributed by atoms with Crippen LogP contribution in [0.15, 0.2) is 11.5 Å². The molecule has 0 aliphatic carbocycles. The molecule has 1 fully saturated rings. The van der Waals surface area contributed by atoms with E-state index in [2.05, 4.69) is 19.9 Å². The first-order chi connectivity index (χ1) is 8.88. The van der Waals surface area contributed by atoms with Gasteiger partial charge in [0.2, 0.25) is 0 Å². The summed E-state index contributed by atoms with van der Waals surface area (Å²) in [7, 11) is -0.0449. The summed E-state index contributed by atoms with van der Waals surface area (Å²) >= 11 is 0. The second-order valence-corrected chi connectivity index (χ2v) is 5.16. The lowest BCUT2D eigenvalue weighted by Gasteiger charge is -2.22. The number of rotatable bonds is 9. The van der Waals surface area contributed by atoms with E-state index in [1.807, 2.05) is 0 Å². The van der Waals surface area contributed by atoms with Crippen LogP contribution >= 0.6 is 0 Å². The van der Waals surface area contributed by atoms with E-state index in [9.17, 15) is 0 Å². The van der Waals surface area contributed by atoms with Crippen molar-refractivity contribution in [3.63, 3.8) is 0 Å². The van der Waals surface area contributed by atoms with Crippen LogP contribution in [-0.4, -0.2) is 20.3 Å². The van der Waals surface area contributed by atoms with Crippen molar-refractivity contribution in [2.45, 2.75) is 71.6 Å². The first kappa shape index (κ1) is 15.8. The highest BCUT2D eigenvalue weighted by Gasteiger charge is 2.25. The zero-order chi connectivity index (χ0) is 13.1. The van der Waals surface area contributed by atoms with Crippen molar-refractivity contribution in [1.82, 2.24) is 0 Å². The predicted molar refractivity (Wildman–Crippen MR) is 78.6 cm³/mol. The maximum atomic E-state index is 5.72. The van der Waals surface area contributed by atoms with Gasteiger partial charge in [-0.1, -0.05) is 52.0 Å². The standard InChI is InChI=1S/C15H29BO2/c1-3-5-7-8-9-12-15(11-6-4-2)16-17-13-10-14-18-16/h12H,3-11,13-14H2,1-2H3. The molecule has 0 spiro atoms. The van der Waals surface area contributed by atoms with Crippen LogP contribution in [0.1, 0.15) is 71.6 Å². The largest absolute Gasteiger partial charge is 0.489 e. The third-order valence-electron chi connectivity index (χ3n) is 3.41. The minimum Gasteiger partial charge on any atom is -0.407 e. The average molecular weight is 252 g/mol. The van der Waals surface area contributed by atoms with Crippen LogP contribution in [0.25, 0.3) is 0 Å². The summed E-state index contributed by atoms with van der Waals surface area (Å²) in [5.74, 6) is 0. The van der Waals surface area contributed by atoms with E-state index in [0.717, 1.165) is 26.1 Å². The molecule has 1 saturated heterocycles. The Kier molecular flexibility index (Phi) is 9.32. The van der Waals surface area contributed by atoms with Gasteiger partial charge in [0.1, 0.15) is 0 Å². The van der Waals surface area contributed by atoms with Crippen molar-refractivity contribution in [2.24, 2.45) is 0 Å². The molecule has 0 N–H and O–H groups in total. The van der Waals surface area contributed by atoms with Gasteiger partial charge in [-0.05, 0) is 31.2 Å². The third-order valence-corrected chi connectivity index (χ3v) is 3.41. The fraction of sp³-hybridized carbons (Fsp3) is 0.867. The molecule has 0 radical (unpaired) electrons. The van der Waals surface area contributed by atoms with E-state index >= 15 is 0 Å². The molecular weight excluding hydrogens is 223 g/mol. The fourth-order valence-electron chi connectivity index (χ4n) is 2.26. The number of unbranched alkanes of at least 4 members (excludes halogenated alkanes) is 5. The number of hydrogen-bond donors (Lipinski definition) is 0. The Labute approximate surface area is 113 Å². The Bertz CT molecular complexity index is 223. The van der Waals surface area contributed by atoms with Crippen LogP contribution in [0.3, 0.4) is 0 Å². The van der Waals surface area contributed by atoms with E-state index < -0.39 is 0 Å². The van der Waals surface area contributed by atoms with Gasteiger partial charge in [-0.2, -0.15) is 0 Å². The monoisotopic (exact) mass is 252 g/mol. The Morgan fingerprint density at radius 2 is 1.72 bits per heavy atom. The molecule has 2 nitrogen and oxygen atoms in total. The van der Waals surface area contributed by atoms with Gasteiger partial charge >= 0.3 is 7.12 Å². The third kappa shape index (κ3) is 6.60. The maximum Gasteiger partial charge on any atom is 0.489 e. The van der Waals surface area contributed by atoms with Crippen molar-refractivity contribution >= 4 is 7.12 Å². The molecular formula is C15H29BO2. The van der Waals surface area contributed by atoms with E-state index in [0.29, 0.717) is 0 Å². The second kappa shape index (κ2) is 10.6. The van der Waals surface area contributed by atoms with Crippen molar-refractivity contribution in [3.8, 4) is 0 Å². The highest BCUT2D eigenvalue weighted by molar-refractivity contribution is 6.53.